The summed E-state index contributed by atoms with van der Waals surface area (Å²) in [6.07, 6.45) is 0. The fourth-order valence-electron chi connectivity index (χ4n) is 7.87. The molecule has 2 nitrogen and oxygen atoms in total. The quantitative estimate of drug-likeness (QED) is 0.156. The largest absolute Gasteiger partial charge is 0.455 e. The van der Waals surface area contributed by atoms with E-state index in [1.54, 1.807) is 0 Å². The molecule has 10 rings (SSSR count). The summed E-state index contributed by atoms with van der Waals surface area (Å²) in [6.45, 7) is 0. The molecule has 0 aliphatic heterocycles. The lowest BCUT2D eigenvalue weighted by molar-refractivity contribution is 0.671. The van der Waals surface area contributed by atoms with Gasteiger partial charge in [-0.25, -0.2) is 0 Å². The van der Waals surface area contributed by atoms with Gasteiger partial charge in [-0.05, 0) is 87.0 Å². The summed E-state index contributed by atoms with van der Waals surface area (Å²) >= 11 is 0. The van der Waals surface area contributed by atoms with Crippen molar-refractivity contribution < 1.29 is 4.42 Å². The Kier molecular flexibility index (Phi) is 8.55. The van der Waals surface area contributed by atoms with Crippen LogP contribution in [0.15, 0.2) is 229 Å². The molecule has 0 aliphatic carbocycles. The van der Waals surface area contributed by atoms with E-state index < -0.39 is 0 Å². The topological polar surface area (TPSA) is 16.4 Å². The molecule has 0 spiro atoms. The lowest BCUT2D eigenvalue weighted by Gasteiger charge is -2.26. The van der Waals surface area contributed by atoms with Crippen molar-refractivity contribution in [1.29, 1.82) is 0 Å². The minimum absolute atomic E-state index is 0.914. The minimum atomic E-state index is 0.914. The number of hydrogen-bond donors (Lipinski definition) is 0. The molecule has 0 saturated heterocycles. The monoisotopic (exact) mass is 715 g/mol. The Bertz CT molecular complexity index is 2910. The van der Waals surface area contributed by atoms with Crippen molar-refractivity contribution in [1.82, 2.24) is 0 Å². The number of rotatable bonds is 8. The zero-order valence-electron chi connectivity index (χ0n) is 30.7. The second-order valence-corrected chi connectivity index (χ2v) is 14.1. The van der Waals surface area contributed by atoms with Crippen molar-refractivity contribution in [2.24, 2.45) is 0 Å². The molecule has 10 aromatic rings. The zero-order valence-corrected chi connectivity index (χ0v) is 30.7. The number of nitrogens with zero attached hydrogens (tertiary/aromatic N) is 1. The van der Waals surface area contributed by atoms with E-state index in [2.05, 4.69) is 223 Å². The SMILES string of the molecule is c1ccc(-c2ccc(N(c3ccccc3)c3ccc(-c4ccc(-c5cccc(-c6cccc7c6oc6c(-c8ccccc8)cccc67)c5)cc4)cc3)cc2)cc1. The highest BCUT2D eigenvalue weighted by Gasteiger charge is 2.17. The maximum Gasteiger partial charge on any atom is 0.143 e. The fraction of sp³-hybridized carbons (Fsp3) is 0. The van der Waals surface area contributed by atoms with Gasteiger partial charge < -0.3 is 9.32 Å². The van der Waals surface area contributed by atoms with Crippen LogP contribution in [-0.2, 0) is 0 Å². The van der Waals surface area contributed by atoms with Crippen LogP contribution >= 0.6 is 0 Å². The van der Waals surface area contributed by atoms with E-state index in [0.29, 0.717) is 0 Å². The molecule has 0 atom stereocenters. The van der Waals surface area contributed by atoms with Crippen LogP contribution in [0, 0.1) is 0 Å². The molecule has 9 aromatic carbocycles. The first-order chi connectivity index (χ1) is 27.8. The molecule has 1 heterocycles. The number of para-hydroxylation sites is 3. The molecule has 0 N–H and O–H groups in total. The fourth-order valence-corrected chi connectivity index (χ4v) is 7.87. The summed E-state index contributed by atoms with van der Waals surface area (Å²) in [5.41, 5.74) is 16.8. The molecule has 1 aromatic heterocycles. The molecular weight excluding hydrogens is 679 g/mol. The lowest BCUT2D eigenvalue weighted by Crippen LogP contribution is -2.09. The Morgan fingerprint density at radius 2 is 0.607 bits per heavy atom. The standard InChI is InChI=1S/C54H37NO/c1-4-13-38(14-5-1)40-29-33-47(34-30-40)55(46-19-8-3-9-20-46)48-35-31-41(32-36-48)39-25-27-42(28-26-39)44-17-10-18-45(37-44)50-22-12-24-52-51-23-11-21-49(53(51)56-54(50)52)43-15-6-2-7-16-43/h1-37H. The summed E-state index contributed by atoms with van der Waals surface area (Å²) in [5.74, 6) is 0. The highest BCUT2D eigenvalue weighted by atomic mass is 16.3. The van der Waals surface area contributed by atoms with Crippen molar-refractivity contribution >= 4 is 39.0 Å². The molecule has 0 bridgehead atoms. The van der Waals surface area contributed by atoms with Gasteiger partial charge in [0.2, 0.25) is 0 Å². The van der Waals surface area contributed by atoms with E-state index in [4.69, 9.17) is 4.42 Å². The summed E-state index contributed by atoms with van der Waals surface area (Å²) in [4.78, 5) is 2.31. The van der Waals surface area contributed by atoms with Gasteiger partial charge in [0.15, 0.2) is 0 Å². The third kappa shape index (κ3) is 6.24. The molecule has 0 fully saturated rings. The number of benzene rings is 9. The van der Waals surface area contributed by atoms with Crippen LogP contribution in [0.25, 0.3) is 77.6 Å². The predicted molar refractivity (Wildman–Crippen MR) is 236 cm³/mol. The van der Waals surface area contributed by atoms with E-state index >= 15 is 0 Å². The Morgan fingerprint density at radius 1 is 0.250 bits per heavy atom. The summed E-state index contributed by atoms with van der Waals surface area (Å²) < 4.78 is 6.73. The second-order valence-electron chi connectivity index (χ2n) is 14.1. The van der Waals surface area contributed by atoms with Crippen LogP contribution in [-0.4, -0.2) is 0 Å². The van der Waals surface area contributed by atoms with Crippen molar-refractivity contribution in [3.8, 4) is 55.6 Å². The Morgan fingerprint density at radius 3 is 1.14 bits per heavy atom. The zero-order chi connectivity index (χ0) is 37.3. The highest BCUT2D eigenvalue weighted by molar-refractivity contribution is 6.13. The maximum atomic E-state index is 6.73. The first-order valence-electron chi connectivity index (χ1n) is 19.1. The van der Waals surface area contributed by atoms with Crippen LogP contribution in [0.3, 0.4) is 0 Å². The minimum Gasteiger partial charge on any atom is -0.455 e. The van der Waals surface area contributed by atoms with Crippen LogP contribution in [0.5, 0.6) is 0 Å². The first kappa shape index (κ1) is 33.2. The van der Waals surface area contributed by atoms with Crippen LogP contribution in [0.4, 0.5) is 17.1 Å². The van der Waals surface area contributed by atoms with Gasteiger partial charge in [0, 0.05) is 39.0 Å². The van der Waals surface area contributed by atoms with Gasteiger partial charge in [0.1, 0.15) is 11.2 Å². The molecule has 0 aliphatic rings. The van der Waals surface area contributed by atoms with E-state index in [1.807, 2.05) is 6.07 Å². The van der Waals surface area contributed by atoms with Crippen molar-refractivity contribution in [3.05, 3.63) is 224 Å². The first-order valence-corrected chi connectivity index (χ1v) is 19.1. The average molecular weight is 716 g/mol. The number of hydrogen-bond acceptors (Lipinski definition) is 2. The molecular formula is C54H37NO. The molecule has 264 valence electrons. The van der Waals surface area contributed by atoms with Crippen LogP contribution < -0.4 is 4.90 Å². The third-order valence-corrected chi connectivity index (χ3v) is 10.7. The van der Waals surface area contributed by atoms with Crippen LogP contribution in [0.2, 0.25) is 0 Å². The molecule has 0 saturated carbocycles. The second kappa shape index (κ2) is 14.4. The van der Waals surface area contributed by atoms with Crippen molar-refractivity contribution in [2.45, 2.75) is 0 Å². The Hall–Kier alpha value is -7.42. The molecule has 0 amide bonds. The van der Waals surface area contributed by atoms with Crippen molar-refractivity contribution in [2.75, 3.05) is 4.90 Å². The highest BCUT2D eigenvalue weighted by Crippen LogP contribution is 2.41. The van der Waals surface area contributed by atoms with E-state index in [-0.39, 0.29) is 0 Å². The van der Waals surface area contributed by atoms with Gasteiger partial charge >= 0.3 is 0 Å². The molecule has 0 radical (unpaired) electrons. The van der Waals surface area contributed by atoms with E-state index in [0.717, 1.165) is 61.3 Å². The Balaban J connectivity index is 0.931. The number of furan rings is 1. The Labute approximate surface area is 327 Å². The third-order valence-electron chi connectivity index (χ3n) is 10.7. The smallest absolute Gasteiger partial charge is 0.143 e. The summed E-state index contributed by atoms with van der Waals surface area (Å²) in [5, 5.41) is 2.26. The normalized spacial score (nSPS) is 11.2. The van der Waals surface area contributed by atoms with Gasteiger partial charge in [-0.2, -0.15) is 0 Å². The average Bonchev–Trinajstić information content (AvgIpc) is 3.67. The van der Waals surface area contributed by atoms with Gasteiger partial charge in [-0.3, -0.25) is 0 Å². The van der Waals surface area contributed by atoms with E-state index in [9.17, 15) is 0 Å². The molecule has 56 heavy (non-hydrogen) atoms. The molecule has 2 heteroatoms. The van der Waals surface area contributed by atoms with Gasteiger partial charge in [0.05, 0.1) is 0 Å². The molecule has 0 unspecified atom stereocenters. The van der Waals surface area contributed by atoms with Crippen LogP contribution in [0.1, 0.15) is 0 Å². The predicted octanol–water partition coefficient (Wildman–Crippen LogP) is 15.4. The number of anilines is 3. The van der Waals surface area contributed by atoms with Gasteiger partial charge in [-0.15, -0.1) is 0 Å². The number of fused-ring (bicyclic) bond motifs is 3. The van der Waals surface area contributed by atoms with Crippen molar-refractivity contribution in [3.63, 3.8) is 0 Å². The van der Waals surface area contributed by atoms with Gasteiger partial charge in [0.25, 0.3) is 0 Å². The lowest BCUT2D eigenvalue weighted by atomic mass is 9.96. The van der Waals surface area contributed by atoms with E-state index in [1.165, 1.54) is 33.4 Å². The summed E-state index contributed by atoms with van der Waals surface area (Å²) in [6, 6.07) is 79.8. The summed E-state index contributed by atoms with van der Waals surface area (Å²) in [7, 11) is 0. The van der Waals surface area contributed by atoms with Gasteiger partial charge in [-0.1, -0.05) is 182 Å². The maximum absolute atomic E-state index is 6.73.